The van der Waals surface area contributed by atoms with Crippen LogP contribution in [0.25, 0.3) is 0 Å². The third-order valence-electron chi connectivity index (χ3n) is 5.71. The Kier molecular flexibility index (Phi) is 8.67. The lowest BCUT2D eigenvalue weighted by molar-refractivity contribution is -0.151. The topological polar surface area (TPSA) is 84.0 Å². The summed E-state index contributed by atoms with van der Waals surface area (Å²) in [6.07, 6.45) is 1.03. The predicted octanol–water partition coefficient (Wildman–Crippen LogP) is 3.75. The van der Waals surface area contributed by atoms with Gasteiger partial charge in [-0.05, 0) is 56.5 Å². The molecule has 1 aliphatic heterocycles. The van der Waals surface area contributed by atoms with Crippen LogP contribution in [0, 0.1) is 12.8 Å². The zero-order valence-corrected chi connectivity index (χ0v) is 21.3. The maximum atomic E-state index is 13.4. The van der Waals surface area contributed by atoms with Crippen LogP contribution in [0.3, 0.4) is 0 Å². The number of sulfonamides is 1. The summed E-state index contributed by atoms with van der Waals surface area (Å²) in [5, 5.41) is 0. The molecule has 0 N–H and O–H groups in total. The Morgan fingerprint density at radius 2 is 1.67 bits per heavy atom. The number of hydrogen-bond acceptors (Lipinski definition) is 5. The van der Waals surface area contributed by atoms with E-state index in [1.54, 1.807) is 24.0 Å². The van der Waals surface area contributed by atoms with E-state index in [0.717, 1.165) is 15.6 Å². The second-order valence-corrected chi connectivity index (χ2v) is 11.0. The van der Waals surface area contributed by atoms with E-state index < -0.39 is 10.0 Å². The average molecular weight is 537 g/mol. The van der Waals surface area contributed by atoms with E-state index >= 15 is 0 Å². The fourth-order valence-corrected chi connectivity index (χ4v) is 5.40. The number of likely N-dealkylation sites (tertiary alicyclic amines) is 1. The van der Waals surface area contributed by atoms with Crippen LogP contribution in [-0.4, -0.2) is 55.7 Å². The van der Waals surface area contributed by atoms with Crippen LogP contribution in [0.1, 0.15) is 30.9 Å². The molecule has 0 spiro atoms. The quantitative estimate of drug-likeness (QED) is 0.479. The van der Waals surface area contributed by atoms with Crippen molar-refractivity contribution in [2.24, 2.45) is 5.92 Å². The highest BCUT2D eigenvalue weighted by atomic mass is 79.9. The van der Waals surface area contributed by atoms with Crippen molar-refractivity contribution in [3.05, 3.63) is 64.1 Å². The summed E-state index contributed by atoms with van der Waals surface area (Å²) in [7, 11) is -3.90. The van der Waals surface area contributed by atoms with Gasteiger partial charge in [0.1, 0.15) is 0 Å². The number of benzene rings is 2. The fourth-order valence-electron chi connectivity index (χ4n) is 3.75. The summed E-state index contributed by atoms with van der Waals surface area (Å²) in [4.78, 5) is 26.8. The molecule has 0 atom stereocenters. The summed E-state index contributed by atoms with van der Waals surface area (Å²) in [6.45, 7) is 4.69. The first-order valence-electron chi connectivity index (χ1n) is 11.0. The van der Waals surface area contributed by atoms with Gasteiger partial charge in [0.05, 0.1) is 24.0 Å². The fraction of sp³-hybridized carbons (Fsp3) is 0.417. The molecule has 9 heteroatoms. The molecule has 2 aromatic rings. The zero-order valence-electron chi connectivity index (χ0n) is 18.9. The number of rotatable bonds is 8. The second kappa shape index (κ2) is 11.3. The summed E-state index contributed by atoms with van der Waals surface area (Å²) < 4.78 is 33.9. The smallest absolute Gasteiger partial charge is 0.309 e. The second-order valence-electron chi connectivity index (χ2n) is 8.12. The van der Waals surface area contributed by atoms with Crippen LogP contribution in [0.4, 0.5) is 0 Å². The number of nitrogens with zero attached hydrogens (tertiary/aromatic N) is 2. The van der Waals surface area contributed by atoms with Crippen molar-refractivity contribution in [2.75, 3.05) is 26.2 Å². The normalized spacial score (nSPS) is 15.0. The predicted molar refractivity (Wildman–Crippen MR) is 129 cm³/mol. The molecule has 1 fully saturated rings. The van der Waals surface area contributed by atoms with Crippen molar-refractivity contribution >= 4 is 37.8 Å². The summed E-state index contributed by atoms with van der Waals surface area (Å²) in [5.74, 6) is -0.724. The van der Waals surface area contributed by atoms with Gasteiger partial charge in [-0.3, -0.25) is 9.59 Å². The van der Waals surface area contributed by atoms with E-state index in [1.165, 1.54) is 16.4 Å². The Balaban J connectivity index is 1.76. The van der Waals surface area contributed by atoms with Crippen molar-refractivity contribution in [1.82, 2.24) is 9.21 Å². The van der Waals surface area contributed by atoms with Gasteiger partial charge in [0.2, 0.25) is 15.9 Å². The van der Waals surface area contributed by atoms with Crippen LogP contribution in [0.15, 0.2) is 57.9 Å². The Labute approximate surface area is 203 Å². The SMILES string of the molecule is CCOC(=O)C1CCN(C(=O)CN(Cc2ccc(C)cc2)S(=O)(=O)c2ccc(Br)cc2)CC1. The Morgan fingerprint density at radius 3 is 2.24 bits per heavy atom. The summed E-state index contributed by atoms with van der Waals surface area (Å²) in [5.41, 5.74) is 1.87. The summed E-state index contributed by atoms with van der Waals surface area (Å²) in [6, 6.07) is 14.0. The Bertz CT molecular complexity index is 1060. The van der Waals surface area contributed by atoms with E-state index in [2.05, 4.69) is 15.9 Å². The van der Waals surface area contributed by atoms with Crippen molar-refractivity contribution in [3.63, 3.8) is 0 Å². The van der Waals surface area contributed by atoms with Gasteiger partial charge in [-0.25, -0.2) is 8.42 Å². The minimum Gasteiger partial charge on any atom is -0.466 e. The monoisotopic (exact) mass is 536 g/mol. The van der Waals surface area contributed by atoms with E-state index in [1.807, 2.05) is 31.2 Å². The molecule has 2 aromatic carbocycles. The van der Waals surface area contributed by atoms with Crippen molar-refractivity contribution in [1.29, 1.82) is 0 Å². The molecular weight excluding hydrogens is 508 g/mol. The van der Waals surface area contributed by atoms with E-state index in [0.29, 0.717) is 32.5 Å². The highest BCUT2D eigenvalue weighted by molar-refractivity contribution is 9.10. The van der Waals surface area contributed by atoms with E-state index in [9.17, 15) is 18.0 Å². The standard InChI is InChI=1S/C24H29BrN2O5S/c1-3-32-24(29)20-12-14-26(15-13-20)23(28)17-27(16-19-6-4-18(2)5-7-19)33(30,31)22-10-8-21(25)9-11-22/h4-11,20H,3,12-17H2,1-2H3. The third-order valence-corrected chi connectivity index (χ3v) is 8.04. The van der Waals surface area contributed by atoms with Crippen LogP contribution in [0.5, 0.6) is 0 Å². The maximum Gasteiger partial charge on any atom is 0.309 e. The molecule has 178 valence electrons. The number of amides is 1. The zero-order chi connectivity index (χ0) is 24.0. The first-order chi connectivity index (χ1) is 15.7. The van der Waals surface area contributed by atoms with Crippen molar-refractivity contribution in [2.45, 2.75) is 38.1 Å². The molecule has 3 rings (SSSR count). The van der Waals surface area contributed by atoms with Crippen LogP contribution in [0.2, 0.25) is 0 Å². The number of ether oxygens (including phenoxy) is 1. The van der Waals surface area contributed by atoms with Crippen LogP contribution < -0.4 is 0 Å². The molecule has 0 radical (unpaired) electrons. The van der Waals surface area contributed by atoms with Crippen molar-refractivity contribution in [3.8, 4) is 0 Å². The lowest BCUT2D eigenvalue weighted by Gasteiger charge is -2.32. The van der Waals surface area contributed by atoms with Gasteiger partial charge in [0.25, 0.3) is 0 Å². The van der Waals surface area contributed by atoms with Crippen LogP contribution in [-0.2, 0) is 30.9 Å². The first-order valence-corrected chi connectivity index (χ1v) is 13.2. The average Bonchev–Trinajstić information content (AvgIpc) is 2.80. The molecule has 1 aliphatic rings. The number of hydrogen-bond donors (Lipinski definition) is 0. The molecule has 0 saturated carbocycles. The molecule has 0 unspecified atom stereocenters. The number of halogens is 1. The first kappa shape index (κ1) is 25.4. The molecular formula is C24H29BrN2O5S. The molecule has 0 aliphatic carbocycles. The Morgan fingerprint density at radius 1 is 1.06 bits per heavy atom. The molecule has 7 nitrogen and oxygen atoms in total. The van der Waals surface area contributed by atoms with Gasteiger partial charge in [-0.1, -0.05) is 45.8 Å². The minimum absolute atomic E-state index is 0.0870. The molecule has 1 amide bonds. The molecule has 0 bridgehead atoms. The number of carbonyl (C=O) groups excluding carboxylic acids is 2. The van der Waals surface area contributed by atoms with Gasteiger partial charge in [-0.2, -0.15) is 4.31 Å². The molecule has 0 aromatic heterocycles. The maximum absolute atomic E-state index is 13.4. The van der Waals surface area contributed by atoms with Gasteiger partial charge < -0.3 is 9.64 Å². The number of aryl methyl sites for hydroxylation is 1. The number of piperidine rings is 1. The highest BCUT2D eigenvalue weighted by Gasteiger charge is 2.32. The Hall–Kier alpha value is -2.23. The van der Waals surface area contributed by atoms with Crippen molar-refractivity contribution < 1.29 is 22.7 Å². The van der Waals surface area contributed by atoms with Gasteiger partial charge in [-0.15, -0.1) is 0 Å². The lowest BCUT2D eigenvalue weighted by Crippen LogP contribution is -2.46. The summed E-state index contributed by atoms with van der Waals surface area (Å²) >= 11 is 3.32. The highest BCUT2D eigenvalue weighted by Crippen LogP contribution is 2.23. The minimum atomic E-state index is -3.90. The molecule has 33 heavy (non-hydrogen) atoms. The van der Waals surface area contributed by atoms with E-state index in [-0.39, 0.29) is 35.8 Å². The largest absolute Gasteiger partial charge is 0.466 e. The third kappa shape index (κ3) is 6.65. The van der Waals surface area contributed by atoms with Crippen LogP contribution >= 0.6 is 15.9 Å². The number of carbonyl (C=O) groups is 2. The van der Waals surface area contributed by atoms with Gasteiger partial charge in [0, 0.05) is 24.1 Å². The van der Waals surface area contributed by atoms with Gasteiger partial charge >= 0.3 is 5.97 Å². The number of esters is 1. The van der Waals surface area contributed by atoms with Gasteiger partial charge in [0.15, 0.2) is 0 Å². The molecule has 1 heterocycles. The molecule has 1 saturated heterocycles. The lowest BCUT2D eigenvalue weighted by atomic mass is 9.97. The van der Waals surface area contributed by atoms with E-state index in [4.69, 9.17) is 4.74 Å².